The third kappa shape index (κ3) is 1.54. The molecule has 0 aromatic heterocycles. The van der Waals surface area contributed by atoms with Crippen LogP contribution in [-0.4, -0.2) is 24.2 Å². The second-order valence-electron chi connectivity index (χ2n) is 4.20. The van der Waals surface area contributed by atoms with Crippen molar-refractivity contribution in [3.63, 3.8) is 0 Å². The van der Waals surface area contributed by atoms with E-state index in [0.29, 0.717) is 0 Å². The second-order valence-corrected chi connectivity index (χ2v) is 4.20. The van der Waals surface area contributed by atoms with Crippen molar-refractivity contribution in [2.45, 2.75) is 12.8 Å². The van der Waals surface area contributed by atoms with Crippen LogP contribution < -0.4 is 0 Å². The normalized spacial score (nSPS) is 37.7. The molecule has 2 bridgehead atoms. The Morgan fingerprint density at radius 1 is 1.20 bits per heavy atom. The third-order valence-electron chi connectivity index (χ3n) is 3.51. The molecule has 1 saturated carbocycles. The Labute approximate surface area is 87.9 Å². The first-order valence-corrected chi connectivity index (χ1v) is 5.14. The summed E-state index contributed by atoms with van der Waals surface area (Å²) in [5.41, 5.74) is 0. The minimum absolute atomic E-state index is 0.00315. The Morgan fingerprint density at radius 3 is 2.13 bits per heavy atom. The molecule has 0 aromatic carbocycles. The topological polar surface area (TPSA) is 63.6 Å². The molecule has 3 aliphatic rings. The van der Waals surface area contributed by atoms with Crippen molar-refractivity contribution in [3.8, 4) is 0 Å². The maximum Gasteiger partial charge on any atom is 0.310 e. The number of esters is 1. The van der Waals surface area contributed by atoms with Crippen LogP contribution in [0.3, 0.4) is 0 Å². The fourth-order valence-electron chi connectivity index (χ4n) is 2.79. The number of carbonyl (C=O) groups is 2. The van der Waals surface area contributed by atoms with Gasteiger partial charge in [-0.25, -0.2) is 0 Å². The van der Waals surface area contributed by atoms with Gasteiger partial charge in [0.2, 0.25) is 0 Å². The summed E-state index contributed by atoms with van der Waals surface area (Å²) in [6.45, 7) is 0. The molecule has 0 aliphatic heterocycles. The van der Waals surface area contributed by atoms with Crippen LogP contribution in [0.15, 0.2) is 12.2 Å². The van der Waals surface area contributed by atoms with Crippen LogP contribution in [0.2, 0.25) is 0 Å². The van der Waals surface area contributed by atoms with Crippen molar-refractivity contribution in [3.05, 3.63) is 12.2 Å². The van der Waals surface area contributed by atoms with Crippen molar-refractivity contribution in [2.24, 2.45) is 23.7 Å². The average molecular weight is 210 g/mol. The number of fused-ring (bicyclic) bond motifs is 2. The van der Waals surface area contributed by atoms with Crippen molar-refractivity contribution in [2.75, 3.05) is 7.11 Å². The number of carboxylic acids is 1. The first-order valence-electron chi connectivity index (χ1n) is 5.14. The number of hydrogen-bond acceptors (Lipinski definition) is 3. The Hall–Kier alpha value is -1.32. The highest BCUT2D eigenvalue weighted by molar-refractivity contribution is 5.82. The summed E-state index contributed by atoms with van der Waals surface area (Å²) in [5, 5.41) is 9.13. The van der Waals surface area contributed by atoms with Crippen LogP contribution in [0.25, 0.3) is 0 Å². The van der Waals surface area contributed by atoms with Gasteiger partial charge in [0.25, 0.3) is 0 Å². The molecule has 0 aromatic rings. The van der Waals surface area contributed by atoms with Gasteiger partial charge < -0.3 is 9.84 Å². The molecule has 1 fully saturated rings. The van der Waals surface area contributed by atoms with Crippen molar-refractivity contribution < 1.29 is 19.4 Å². The van der Waals surface area contributed by atoms with E-state index in [2.05, 4.69) is 4.74 Å². The Bertz CT molecular complexity index is 321. The van der Waals surface area contributed by atoms with E-state index < -0.39 is 17.8 Å². The van der Waals surface area contributed by atoms with Crippen molar-refractivity contribution in [1.82, 2.24) is 0 Å². The van der Waals surface area contributed by atoms with Gasteiger partial charge in [-0.2, -0.15) is 0 Å². The van der Waals surface area contributed by atoms with Gasteiger partial charge in [-0.3, -0.25) is 9.59 Å². The predicted octanol–water partition coefficient (Wildman–Crippen LogP) is 1.07. The fourth-order valence-corrected chi connectivity index (χ4v) is 2.79. The number of methoxy groups -OCH3 is 1. The van der Waals surface area contributed by atoms with E-state index in [-0.39, 0.29) is 17.8 Å². The van der Waals surface area contributed by atoms with Crippen molar-refractivity contribution in [1.29, 1.82) is 0 Å². The number of aliphatic carboxylic acids is 1. The van der Waals surface area contributed by atoms with Gasteiger partial charge in [-0.15, -0.1) is 0 Å². The van der Waals surface area contributed by atoms with Crippen LogP contribution in [0.1, 0.15) is 12.8 Å². The van der Waals surface area contributed by atoms with Gasteiger partial charge >= 0.3 is 11.9 Å². The summed E-state index contributed by atoms with van der Waals surface area (Å²) in [7, 11) is 1.31. The monoisotopic (exact) mass is 210 g/mol. The summed E-state index contributed by atoms with van der Waals surface area (Å²) in [6.07, 6.45) is 5.66. The predicted molar refractivity (Wildman–Crippen MR) is 52.0 cm³/mol. The maximum absolute atomic E-state index is 11.6. The molecule has 15 heavy (non-hydrogen) atoms. The zero-order valence-corrected chi connectivity index (χ0v) is 8.55. The Kier molecular flexibility index (Phi) is 2.50. The average Bonchev–Trinajstić information content (AvgIpc) is 2.28. The Balaban J connectivity index is 2.30. The molecule has 82 valence electrons. The summed E-state index contributed by atoms with van der Waals surface area (Å²) >= 11 is 0. The van der Waals surface area contributed by atoms with Gasteiger partial charge in [0.05, 0.1) is 18.9 Å². The molecular formula is C11H14O4. The second kappa shape index (κ2) is 3.68. The first kappa shape index (κ1) is 10.2. The lowest BCUT2D eigenvalue weighted by Crippen LogP contribution is -2.45. The number of allylic oxidation sites excluding steroid dienone is 2. The lowest BCUT2D eigenvalue weighted by Gasteiger charge is -2.41. The highest BCUT2D eigenvalue weighted by Gasteiger charge is 2.48. The van der Waals surface area contributed by atoms with E-state index in [0.717, 1.165) is 12.8 Å². The number of rotatable bonds is 2. The highest BCUT2D eigenvalue weighted by Crippen LogP contribution is 2.45. The smallest absolute Gasteiger partial charge is 0.310 e. The minimum Gasteiger partial charge on any atom is -0.481 e. The molecule has 4 nitrogen and oxygen atoms in total. The van der Waals surface area contributed by atoms with E-state index in [9.17, 15) is 9.59 Å². The molecule has 0 saturated heterocycles. The zero-order valence-electron chi connectivity index (χ0n) is 8.55. The molecule has 2 unspecified atom stereocenters. The van der Waals surface area contributed by atoms with Gasteiger partial charge in [-0.1, -0.05) is 12.2 Å². The SMILES string of the molecule is COC(=O)[C@H]1C2C=CC(CC2)[C@@H]1C(=O)O. The number of carboxylic acid groups (broad SMARTS) is 1. The molecule has 0 amide bonds. The van der Waals surface area contributed by atoms with E-state index in [1.54, 1.807) is 0 Å². The van der Waals surface area contributed by atoms with Gasteiger partial charge in [0.15, 0.2) is 0 Å². The van der Waals surface area contributed by atoms with Crippen LogP contribution in [0.5, 0.6) is 0 Å². The molecule has 3 rings (SSSR count). The third-order valence-corrected chi connectivity index (χ3v) is 3.51. The van der Waals surface area contributed by atoms with E-state index >= 15 is 0 Å². The standard InChI is InChI=1S/C11H14O4/c1-15-11(14)9-7-4-2-6(3-5-7)8(9)10(12)13/h2,4,6-9H,3,5H2,1H3,(H,12,13)/t6?,7?,8-,9-/m0/s1. The lowest BCUT2D eigenvalue weighted by atomic mass is 9.62. The molecule has 4 heteroatoms. The van der Waals surface area contributed by atoms with Gasteiger partial charge in [-0.05, 0) is 24.7 Å². The number of ether oxygens (including phenoxy) is 1. The molecule has 0 spiro atoms. The van der Waals surface area contributed by atoms with Gasteiger partial charge in [0.1, 0.15) is 0 Å². The van der Waals surface area contributed by atoms with E-state index in [1.807, 2.05) is 12.2 Å². The largest absolute Gasteiger partial charge is 0.481 e. The summed E-state index contributed by atoms with van der Waals surface area (Å²) in [5.74, 6) is -2.32. The van der Waals surface area contributed by atoms with E-state index in [1.165, 1.54) is 7.11 Å². The van der Waals surface area contributed by atoms with Gasteiger partial charge in [0, 0.05) is 0 Å². The fraction of sp³-hybridized carbons (Fsp3) is 0.636. The van der Waals surface area contributed by atoms with Crippen LogP contribution >= 0.6 is 0 Å². The quantitative estimate of drug-likeness (QED) is 0.547. The number of carbonyl (C=O) groups excluding carboxylic acids is 1. The molecule has 1 N–H and O–H groups in total. The zero-order chi connectivity index (χ0) is 11.0. The minimum atomic E-state index is -0.885. The summed E-state index contributed by atoms with van der Waals surface area (Å²) in [6, 6.07) is 0. The molecule has 3 aliphatic carbocycles. The lowest BCUT2D eigenvalue weighted by molar-refractivity contribution is -0.162. The number of hydrogen-bond donors (Lipinski definition) is 1. The summed E-state index contributed by atoms with van der Waals surface area (Å²) < 4.78 is 4.69. The Morgan fingerprint density at radius 2 is 1.73 bits per heavy atom. The van der Waals surface area contributed by atoms with Crippen LogP contribution in [0, 0.1) is 23.7 Å². The molecule has 0 radical (unpaired) electrons. The molecule has 0 heterocycles. The first-order chi connectivity index (χ1) is 7.15. The van der Waals surface area contributed by atoms with Crippen LogP contribution in [0.4, 0.5) is 0 Å². The summed E-state index contributed by atoms with van der Waals surface area (Å²) in [4.78, 5) is 22.7. The van der Waals surface area contributed by atoms with Crippen LogP contribution in [-0.2, 0) is 14.3 Å². The molecular weight excluding hydrogens is 196 g/mol. The molecule has 4 atom stereocenters. The highest BCUT2D eigenvalue weighted by atomic mass is 16.5. The van der Waals surface area contributed by atoms with E-state index in [4.69, 9.17) is 5.11 Å². The maximum atomic E-state index is 11.6. The van der Waals surface area contributed by atoms with Crippen molar-refractivity contribution >= 4 is 11.9 Å².